The Bertz CT molecular complexity index is 309. The second-order valence-electron chi connectivity index (χ2n) is 7.42. The molecule has 0 rings (SSSR count). The van der Waals surface area contributed by atoms with Crippen LogP contribution < -0.4 is 0 Å². The predicted octanol–water partition coefficient (Wildman–Crippen LogP) is 7.61. The predicted molar refractivity (Wildman–Crippen MR) is 110 cm³/mol. The van der Waals surface area contributed by atoms with Crippen LogP contribution in [0.15, 0.2) is 12.2 Å². The van der Waals surface area contributed by atoms with Gasteiger partial charge in [0.2, 0.25) is 0 Å². The summed E-state index contributed by atoms with van der Waals surface area (Å²) in [6, 6.07) is 0. The first-order valence-corrected chi connectivity index (χ1v) is 11.0. The molecule has 1 unspecified atom stereocenters. The van der Waals surface area contributed by atoms with Crippen molar-refractivity contribution >= 4 is 5.97 Å². The van der Waals surface area contributed by atoms with E-state index >= 15 is 0 Å². The largest absolute Gasteiger partial charge is 0.469 e. The summed E-state index contributed by atoms with van der Waals surface area (Å²) in [5, 5.41) is 0. The zero-order valence-corrected chi connectivity index (χ0v) is 17.4. The number of hydrogen-bond acceptors (Lipinski definition) is 2. The first-order chi connectivity index (χ1) is 12.2. The van der Waals surface area contributed by atoms with Gasteiger partial charge in [-0.3, -0.25) is 4.79 Å². The summed E-state index contributed by atoms with van der Waals surface area (Å²) in [7, 11) is 1.47. The van der Waals surface area contributed by atoms with E-state index in [-0.39, 0.29) is 5.97 Å². The maximum absolute atomic E-state index is 11.1. The van der Waals surface area contributed by atoms with Gasteiger partial charge in [-0.2, -0.15) is 0 Å². The molecule has 0 aliphatic heterocycles. The first-order valence-electron chi connectivity index (χ1n) is 11.0. The van der Waals surface area contributed by atoms with Gasteiger partial charge in [0.05, 0.1) is 7.11 Å². The van der Waals surface area contributed by atoms with Crippen molar-refractivity contribution < 1.29 is 9.53 Å². The Morgan fingerprint density at radius 3 is 2.12 bits per heavy atom. The van der Waals surface area contributed by atoms with Crippen molar-refractivity contribution in [2.45, 2.75) is 117 Å². The number of unbranched alkanes of at least 4 members (excludes halogenated alkanes) is 10. The molecule has 1 atom stereocenters. The highest BCUT2D eigenvalue weighted by atomic mass is 16.5. The van der Waals surface area contributed by atoms with E-state index in [1.807, 2.05) is 0 Å². The molecule has 2 nitrogen and oxygen atoms in total. The molecule has 0 heterocycles. The molecule has 0 amide bonds. The molecule has 0 spiro atoms. The van der Waals surface area contributed by atoms with Gasteiger partial charge in [0, 0.05) is 6.42 Å². The molecule has 0 bridgehead atoms. The number of esters is 1. The van der Waals surface area contributed by atoms with Crippen molar-refractivity contribution in [3.8, 4) is 0 Å². The normalized spacial score (nSPS) is 12.6. The van der Waals surface area contributed by atoms with E-state index in [1.165, 1.54) is 90.6 Å². The summed E-state index contributed by atoms with van der Waals surface area (Å²) in [4.78, 5) is 11.1. The third-order valence-electron chi connectivity index (χ3n) is 4.99. The van der Waals surface area contributed by atoms with Crippen molar-refractivity contribution in [3.63, 3.8) is 0 Å². The second-order valence-corrected chi connectivity index (χ2v) is 7.42. The molecule has 0 aliphatic rings. The van der Waals surface area contributed by atoms with E-state index in [2.05, 4.69) is 30.7 Å². The number of allylic oxidation sites excluding steroid dienone is 2. The molecular formula is C23H44O2. The van der Waals surface area contributed by atoms with Crippen molar-refractivity contribution in [1.29, 1.82) is 0 Å². The molecule has 0 saturated heterocycles. The summed E-state index contributed by atoms with van der Waals surface area (Å²) >= 11 is 0. The Balaban J connectivity index is 3.74. The van der Waals surface area contributed by atoms with Gasteiger partial charge in [0.1, 0.15) is 0 Å². The molecular weight excluding hydrogens is 308 g/mol. The summed E-state index contributed by atoms with van der Waals surface area (Å²) in [6.07, 6.45) is 25.0. The molecule has 25 heavy (non-hydrogen) atoms. The van der Waals surface area contributed by atoms with Crippen LogP contribution in [0.5, 0.6) is 0 Å². The molecule has 0 N–H and O–H groups in total. The Morgan fingerprint density at radius 2 is 1.40 bits per heavy atom. The quantitative estimate of drug-likeness (QED) is 0.144. The van der Waals surface area contributed by atoms with Gasteiger partial charge in [-0.15, -0.1) is 0 Å². The fraction of sp³-hybridized carbons (Fsp3) is 0.870. The SMILES string of the molecule is CCCCCCC/C=C/C(CCCC)CCCCCCCC(=O)OC. The molecule has 0 aromatic heterocycles. The van der Waals surface area contributed by atoms with E-state index in [0.29, 0.717) is 6.42 Å². The van der Waals surface area contributed by atoms with E-state index < -0.39 is 0 Å². The standard InChI is InChI=1S/C23H44O2/c1-4-6-8-9-10-12-15-19-22(18-7-5-2)20-16-13-11-14-17-21-23(24)25-3/h15,19,22H,4-14,16-18,20-21H2,1-3H3/b19-15+. The average molecular weight is 353 g/mol. The third-order valence-corrected chi connectivity index (χ3v) is 4.99. The lowest BCUT2D eigenvalue weighted by Crippen LogP contribution is -1.99. The lowest BCUT2D eigenvalue weighted by Gasteiger charge is -2.12. The van der Waals surface area contributed by atoms with Crippen molar-refractivity contribution in [2.75, 3.05) is 7.11 Å². The van der Waals surface area contributed by atoms with Crippen LogP contribution >= 0.6 is 0 Å². The highest BCUT2D eigenvalue weighted by Gasteiger charge is 2.04. The summed E-state index contributed by atoms with van der Waals surface area (Å²) in [5.74, 6) is 0.713. The minimum Gasteiger partial charge on any atom is -0.469 e. The summed E-state index contributed by atoms with van der Waals surface area (Å²) in [5.41, 5.74) is 0. The molecule has 0 fully saturated rings. The third kappa shape index (κ3) is 17.8. The molecule has 0 saturated carbocycles. The van der Waals surface area contributed by atoms with E-state index in [9.17, 15) is 4.79 Å². The Labute approximate surface area is 157 Å². The fourth-order valence-electron chi connectivity index (χ4n) is 3.27. The number of carbonyl (C=O) groups is 1. The zero-order valence-electron chi connectivity index (χ0n) is 17.4. The minimum absolute atomic E-state index is 0.0699. The Kier molecular flexibility index (Phi) is 18.9. The summed E-state index contributed by atoms with van der Waals surface area (Å²) in [6.45, 7) is 4.56. The molecule has 0 aromatic rings. The van der Waals surface area contributed by atoms with E-state index in [0.717, 1.165) is 18.8 Å². The molecule has 148 valence electrons. The minimum atomic E-state index is -0.0699. The van der Waals surface area contributed by atoms with Crippen LogP contribution in [-0.2, 0) is 9.53 Å². The maximum Gasteiger partial charge on any atom is 0.305 e. The van der Waals surface area contributed by atoms with Crippen molar-refractivity contribution in [2.24, 2.45) is 5.92 Å². The molecule has 2 heteroatoms. The van der Waals surface area contributed by atoms with E-state index in [1.54, 1.807) is 0 Å². The monoisotopic (exact) mass is 352 g/mol. The van der Waals surface area contributed by atoms with E-state index in [4.69, 9.17) is 0 Å². The number of hydrogen-bond donors (Lipinski definition) is 0. The zero-order chi connectivity index (χ0) is 18.6. The highest BCUT2D eigenvalue weighted by Crippen LogP contribution is 2.20. The van der Waals surface area contributed by atoms with Gasteiger partial charge in [-0.1, -0.05) is 90.2 Å². The van der Waals surface area contributed by atoms with Crippen LogP contribution in [0, 0.1) is 5.92 Å². The Morgan fingerprint density at radius 1 is 0.800 bits per heavy atom. The smallest absolute Gasteiger partial charge is 0.305 e. The van der Waals surface area contributed by atoms with Gasteiger partial charge in [-0.25, -0.2) is 0 Å². The Hall–Kier alpha value is -0.790. The summed E-state index contributed by atoms with van der Waals surface area (Å²) < 4.78 is 4.67. The van der Waals surface area contributed by atoms with Gasteiger partial charge in [0.25, 0.3) is 0 Å². The lowest BCUT2D eigenvalue weighted by molar-refractivity contribution is -0.140. The average Bonchev–Trinajstić information content (AvgIpc) is 2.63. The van der Waals surface area contributed by atoms with Crippen LogP contribution in [0.3, 0.4) is 0 Å². The van der Waals surface area contributed by atoms with Gasteiger partial charge in [0.15, 0.2) is 0 Å². The highest BCUT2D eigenvalue weighted by molar-refractivity contribution is 5.68. The lowest BCUT2D eigenvalue weighted by atomic mass is 9.94. The fourth-order valence-corrected chi connectivity index (χ4v) is 3.27. The van der Waals surface area contributed by atoms with Crippen molar-refractivity contribution in [3.05, 3.63) is 12.2 Å². The van der Waals surface area contributed by atoms with Crippen LogP contribution in [0.2, 0.25) is 0 Å². The van der Waals surface area contributed by atoms with Gasteiger partial charge in [-0.05, 0) is 38.0 Å². The van der Waals surface area contributed by atoms with Crippen molar-refractivity contribution in [1.82, 2.24) is 0 Å². The first kappa shape index (κ1) is 24.2. The number of carbonyl (C=O) groups excluding carboxylic acids is 1. The molecule has 0 radical (unpaired) electrons. The van der Waals surface area contributed by atoms with Crippen LogP contribution in [0.1, 0.15) is 117 Å². The maximum atomic E-state index is 11.1. The van der Waals surface area contributed by atoms with Crippen LogP contribution in [0.4, 0.5) is 0 Å². The number of rotatable bonds is 18. The second kappa shape index (κ2) is 19.5. The van der Waals surface area contributed by atoms with Crippen LogP contribution in [0.25, 0.3) is 0 Å². The van der Waals surface area contributed by atoms with Gasteiger partial charge >= 0.3 is 5.97 Å². The van der Waals surface area contributed by atoms with Crippen LogP contribution in [-0.4, -0.2) is 13.1 Å². The number of ether oxygens (including phenoxy) is 1. The number of methoxy groups -OCH3 is 1. The molecule has 0 aromatic carbocycles. The van der Waals surface area contributed by atoms with Gasteiger partial charge < -0.3 is 4.74 Å². The topological polar surface area (TPSA) is 26.3 Å². The molecule has 0 aliphatic carbocycles.